The lowest BCUT2D eigenvalue weighted by molar-refractivity contribution is 0.0928. The van der Waals surface area contributed by atoms with Gasteiger partial charge >= 0.3 is 0 Å². The Labute approximate surface area is 186 Å². The molecule has 1 aliphatic rings. The predicted octanol–water partition coefficient (Wildman–Crippen LogP) is 4.49. The van der Waals surface area contributed by atoms with Gasteiger partial charge in [0.25, 0.3) is 11.8 Å². The standard InChI is InChI=1S/C24H27N3O5/c1-29-19-13-15(14-20(30-2)21(19)31-3)22-26-24(32-27-22)18-12-8-7-11-17(18)23(28)25-16-9-5-4-6-10-16/h7-8,11-14,16H,4-6,9-10H2,1-3H3,(H,25,28). The van der Waals surface area contributed by atoms with Gasteiger partial charge in [-0.1, -0.05) is 36.6 Å². The summed E-state index contributed by atoms with van der Waals surface area (Å²) in [6.45, 7) is 0. The summed E-state index contributed by atoms with van der Waals surface area (Å²) in [7, 11) is 4.63. The number of amides is 1. The second kappa shape index (κ2) is 9.72. The monoisotopic (exact) mass is 437 g/mol. The molecule has 1 aliphatic carbocycles. The van der Waals surface area contributed by atoms with E-state index in [0.29, 0.717) is 39.8 Å². The highest BCUT2D eigenvalue weighted by Gasteiger charge is 2.22. The molecule has 32 heavy (non-hydrogen) atoms. The number of rotatable bonds is 7. The van der Waals surface area contributed by atoms with E-state index in [-0.39, 0.29) is 17.8 Å². The SMILES string of the molecule is COc1cc(-c2noc(-c3ccccc3C(=O)NC3CCCCC3)n2)cc(OC)c1OC. The Kier molecular flexibility index (Phi) is 6.58. The van der Waals surface area contributed by atoms with Crippen LogP contribution in [0.1, 0.15) is 42.5 Å². The molecule has 0 atom stereocenters. The zero-order valence-electron chi connectivity index (χ0n) is 18.5. The van der Waals surface area contributed by atoms with E-state index in [1.807, 2.05) is 18.2 Å². The number of carbonyl (C=O) groups excluding carboxylic acids is 1. The van der Waals surface area contributed by atoms with E-state index in [0.717, 1.165) is 25.7 Å². The van der Waals surface area contributed by atoms with E-state index in [1.165, 1.54) is 6.42 Å². The van der Waals surface area contributed by atoms with Crippen LogP contribution in [-0.4, -0.2) is 43.4 Å². The summed E-state index contributed by atoms with van der Waals surface area (Å²) in [6.07, 6.45) is 5.55. The lowest BCUT2D eigenvalue weighted by atomic mass is 9.95. The van der Waals surface area contributed by atoms with Gasteiger partial charge in [0, 0.05) is 11.6 Å². The molecule has 2 aromatic carbocycles. The van der Waals surface area contributed by atoms with Crippen molar-refractivity contribution in [2.45, 2.75) is 38.1 Å². The number of carbonyl (C=O) groups is 1. The molecule has 4 rings (SSSR count). The van der Waals surface area contributed by atoms with Crippen molar-refractivity contribution in [3.05, 3.63) is 42.0 Å². The smallest absolute Gasteiger partial charge is 0.259 e. The van der Waals surface area contributed by atoms with Crippen molar-refractivity contribution in [3.8, 4) is 40.1 Å². The molecule has 1 fully saturated rings. The molecule has 0 unspecified atom stereocenters. The summed E-state index contributed by atoms with van der Waals surface area (Å²) in [5.41, 5.74) is 1.74. The van der Waals surface area contributed by atoms with E-state index in [1.54, 1.807) is 39.5 Å². The molecule has 0 aliphatic heterocycles. The maximum Gasteiger partial charge on any atom is 0.259 e. The van der Waals surface area contributed by atoms with Gasteiger partial charge in [-0.2, -0.15) is 4.98 Å². The van der Waals surface area contributed by atoms with Crippen molar-refractivity contribution in [2.75, 3.05) is 21.3 Å². The van der Waals surface area contributed by atoms with Gasteiger partial charge in [-0.05, 0) is 37.1 Å². The normalized spacial score (nSPS) is 14.1. The van der Waals surface area contributed by atoms with Gasteiger partial charge < -0.3 is 24.1 Å². The summed E-state index contributed by atoms with van der Waals surface area (Å²) in [5.74, 6) is 1.94. The number of nitrogens with zero attached hydrogens (tertiary/aromatic N) is 2. The molecule has 8 nitrogen and oxygen atoms in total. The molecular formula is C24H27N3O5. The number of hydrogen-bond acceptors (Lipinski definition) is 7. The van der Waals surface area contributed by atoms with Gasteiger partial charge in [-0.3, -0.25) is 4.79 Å². The molecule has 1 aromatic heterocycles. The maximum atomic E-state index is 13.0. The summed E-state index contributed by atoms with van der Waals surface area (Å²) in [6, 6.07) is 11.0. The quantitative estimate of drug-likeness (QED) is 0.582. The molecule has 168 valence electrons. The molecule has 0 bridgehead atoms. The van der Waals surface area contributed by atoms with Gasteiger partial charge in [0.2, 0.25) is 11.6 Å². The Balaban J connectivity index is 1.64. The van der Waals surface area contributed by atoms with Crippen LogP contribution in [0, 0.1) is 0 Å². The number of ether oxygens (including phenoxy) is 3. The number of aromatic nitrogens is 2. The fourth-order valence-corrected chi connectivity index (χ4v) is 4.04. The Morgan fingerprint density at radius 1 is 1.00 bits per heavy atom. The van der Waals surface area contributed by atoms with Crippen molar-refractivity contribution in [2.24, 2.45) is 0 Å². The molecule has 3 aromatic rings. The second-order valence-electron chi connectivity index (χ2n) is 7.69. The molecule has 1 N–H and O–H groups in total. The average molecular weight is 437 g/mol. The molecule has 8 heteroatoms. The lowest BCUT2D eigenvalue weighted by Crippen LogP contribution is -2.36. The third-order valence-electron chi connectivity index (χ3n) is 5.69. The minimum atomic E-state index is -0.125. The van der Waals surface area contributed by atoms with Gasteiger partial charge in [0.1, 0.15) is 0 Å². The van der Waals surface area contributed by atoms with Crippen LogP contribution < -0.4 is 19.5 Å². The summed E-state index contributed by atoms with van der Waals surface area (Å²) >= 11 is 0. The number of benzene rings is 2. The first kappa shape index (κ1) is 21.7. The van der Waals surface area contributed by atoms with Crippen molar-refractivity contribution in [3.63, 3.8) is 0 Å². The van der Waals surface area contributed by atoms with Crippen LogP contribution in [0.25, 0.3) is 22.8 Å². The Bertz CT molecular complexity index is 1060. The fraction of sp³-hybridized carbons (Fsp3) is 0.375. The van der Waals surface area contributed by atoms with E-state index in [4.69, 9.17) is 18.7 Å². The van der Waals surface area contributed by atoms with Crippen LogP contribution in [0.5, 0.6) is 17.2 Å². The number of hydrogen-bond donors (Lipinski definition) is 1. The first-order valence-electron chi connectivity index (χ1n) is 10.7. The van der Waals surface area contributed by atoms with E-state index < -0.39 is 0 Å². The van der Waals surface area contributed by atoms with Crippen molar-refractivity contribution in [1.82, 2.24) is 15.5 Å². The maximum absolute atomic E-state index is 13.0. The van der Waals surface area contributed by atoms with Crippen LogP contribution in [0.15, 0.2) is 40.9 Å². The Morgan fingerprint density at radius 2 is 1.69 bits per heavy atom. The second-order valence-corrected chi connectivity index (χ2v) is 7.69. The zero-order valence-corrected chi connectivity index (χ0v) is 18.5. The summed E-state index contributed by atoms with van der Waals surface area (Å²) in [5, 5.41) is 7.27. The minimum absolute atomic E-state index is 0.125. The van der Waals surface area contributed by atoms with Crippen LogP contribution in [0.3, 0.4) is 0 Å². The highest BCUT2D eigenvalue weighted by molar-refractivity contribution is 6.00. The Hall–Kier alpha value is -3.55. The van der Waals surface area contributed by atoms with E-state index >= 15 is 0 Å². The van der Waals surface area contributed by atoms with Crippen molar-refractivity contribution < 1.29 is 23.5 Å². The van der Waals surface area contributed by atoms with Gasteiger partial charge in [0.15, 0.2) is 11.5 Å². The highest BCUT2D eigenvalue weighted by Crippen LogP contribution is 2.41. The molecule has 1 heterocycles. The largest absolute Gasteiger partial charge is 0.493 e. The van der Waals surface area contributed by atoms with E-state index in [2.05, 4.69) is 15.5 Å². The molecule has 0 spiro atoms. The van der Waals surface area contributed by atoms with Crippen LogP contribution >= 0.6 is 0 Å². The van der Waals surface area contributed by atoms with E-state index in [9.17, 15) is 4.79 Å². The predicted molar refractivity (Wildman–Crippen MR) is 119 cm³/mol. The number of methoxy groups -OCH3 is 3. The summed E-state index contributed by atoms with van der Waals surface area (Å²) < 4.78 is 21.7. The van der Waals surface area contributed by atoms with Gasteiger partial charge in [-0.15, -0.1) is 0 Å². The third kappa shape index (κ3) is 4.39. The highest BCUT2D eigenvalue weighted by atomic mass is 16.5. The molecule has 1 amide bonds. The minimum Gasteiger partial charge on any atom is -0.493 e. The first-order valence-corrected chi connectivity index (χ1v) is 10.7. The molecule has 0 radical (unpaired) electrons. The van der Waals surface area contributed by atoms with Crippen LogP contribution in [-0.2, 0) is 0 Å². The van der Waals surface area contributed by atoms with Gasteiger partial charge in [-0.25, -0.2) is 0 Å². The van der Waals surface area contributed by atoms with Gasteiger partial charge in [0.05, 0.1) is 32.5 Å². The van der Waals surface area contributed by atoms with Crippen LogP contribution in [0.2, 0.25) is 0 Å². The third-order valence-corrected chi connectivity index (χ3v) is 5.69. The van der Waals surface area contributed by atoms with Crippen molar-refractivity contribution >= 4 is 5.91 Å². The molecular weight excluding hydrogens is 410 g/mol. The Morgan fingerprint density at radius 3 is 2.34 bits per heavy atom. The van der Waals surface area contributed by atoms with Crippen molar-refractivity contribution in [1.29, 1.82) is 0 Å². The number of nitrogens with one attached hydrogen (secondary N) is 1. The topological polar surface area (TPSA) is 95.7 Å². The lowest BCUT2D eigenvalue weighted by Gasteiger charge is -2.23. The fourth-order valence-electron chi connectivity index (χ4n) is 4.04. The van der Waals surface area contributed by atoms with Crippen LogP contribution in [0.4, 0.5) is 0 Å². The first-order chi connectivity index (χ1) is 15.6. The molecule has 1 saturated carbocycles. The zero-order chi connectivity index (χ0) is 22.5. The summed E-state index contributed by atoms with van der Waals surface area (Å²) in [4.78, 5) is 17.5. The molecule has 0 saturated heterocycles. The average Bonchev–Trinajstić information content (AvgIpc) is 3.34.